The smallest absolute Gasteiger partial charge is 0.339 e. The first kappa shape index (κ1) is 29.4. The van der Waals surface area contributed by atoms with Crippen molar-refractivity contribution in [1.82, 2.24) is 19.5 Å². The second-order valence-electron chi connectivity index (χ2n) is 9.20. The molecule has 1 aromatic carbocycles. The maximum absolute atomic E-state index is 13.8. The minimum atomic E-state index is -4.91. The molecule has 3 heterocycles. The number of aryl methyl sites for hydroxylation is 3. The zero-order valence-corrected chi connectivity index (χ0v) is 23.2. The van der Waals surface area contributed by atoms with Gasteiger partial charge in [-0.25, -0.2) is 9.55 Å². The molecule has 214 valence electrons. The molecule has 1 atom stereocenters. The van der Waals surface area contributed by atoms with E-state index in [0.717, 1.165) is 32.3 Å². The zero-order chi connectivity index (χ0) is 29.3. The average molecular weight is 581 g/mol. The Morgan fingerprint density at radius 1 is 1.15 bits per heavy atom. The number of hydrogen-bond donors (Lipinski definition) is 1. The summed E-state index contributed by atoms with van der Waals surface area (Å²) in [4.78, 5) is 21.5. The minimum Gasteiger partial charge on any atom is -0.339 e. The summed E-state index contributed by atoms with van der Waals surface area (Å²) >= 11 is 0. The third kappa shape index (κ3) is 6.09. The SMILES string of the molecule is COP(=O)(OC)OC(C)(CCc1nc(-c2ccc(C)c(NC(=O)c3cnc4cc(C)ccn34)c2)no1)C(F)(F)F. The van der Waals surface area contributed by atoms with Gasteiger partial charge < -0.3 is 9.84 Å². The van der Waals surface area contributed by atoms with Gasteiger partial charge in [-0.2, -0.15) is 18.2 Å². The highest BCUT2D eigenvalue weighted by Crippen LogP contribution is 2.55. The number of rotatable bonds is 10. The third-order valence-corrected chi connectivity index (χ3v) is 7.81. The number of nitrogens with zero attached hydrogens (tertiary/aromatic N) is 4. The van der Waals surface area contributed by atoms with E-state index in [1.165, 1.54) is 6.20 Å². The maximum Gasteiger partial charge on any atom is 0.475 e. The molecule has 15 heteroatoms. The van der Waals surface area contributed by atoms with Gasteiger partial charge in [0.2, 0.25) is 11.7 Å². The number of amides is 1. The number of hydrogen-bond acceptors (Lipinski definition) is 9. The molecule has 0 aliphatic carbocycles. The molecule has 4 rings (SSSR count). The number of nitrogens with one attached hydrogen (secondary N) is 1. The molecular weight excluding hydrogens is 554 g/mol. The molecule has 1 unspecified atom stereocenters. The topological polar surface area (TPSA) is 130 Å². The van der Waals surface area contributed by atoms with Gasteiger partial charge in [-0.3, -0.25) is 22.8 Å². The molecule has 0 saturated heterocycles. The Bertz CT molecular complexity index is 1580. The molecule has 0 aliphatic rings. The van der Waals surface area contributed by atoms with Crippen LogP contribution >= 0.6 is 7.82 Å². The summed E-state index contributed by atoms with van der Waals surface area (Å²) in [6.45, 7) is 4.46. The number of imidazole rings is 1. The zero-order valence-electron chi connectivity index (χ0n) is 22.3. The first-order valence-electron chi connectivity index (χ1n) is 11.9. The molecule has 40 heavy (non-hydrogen) atoms. The summed E-state index contributed by atoms with van der Waals surface area (Å²) in [5.41, 5.74) is 0.780. The molecule has 1 amide bonds. The number of fused-ring (bicyclic) bond motifs is 1. The van der Waals surface area contributed by atoms with Crippen LogP contribution in [0.1, 0.15) is 40.9 Å². The van der Waals surface area contributed by atoms with E-state index in [1.54, 1.807) is 35.7 Å². The summed E-state index contributed by atoms with van der Waals surface area (Å²) in [6.07, 6.45) is -2.73. The Kier molecular flexibility index (Phi) is 8.18. The summed E-state index contributed by atoms with van der Waals surface area (Å²) in [5, 5.41) is 6.72. The van der Waals surface area contributed by atoms with Crippen molar-refractivity contribution in [2.24, 2.45) is 0 Å². The van der Waals surface area contributed by atoms with Crippen molar-refractivity contribution in [2.45, 2.75) is 45.4 Å². The van der Waals surface area contributed by atoms with E-state index in [0.29, 0.717) is 22.6 Å². The number of pyridine rings is 1. The standard InChI is InChI=1S/C25H27F3N5O6P/c1-15-9-11-33-19(14-29-20(33)12-15)23(34)30-18-13-17(7-6-16(18)2)22-31-21(38-32-22)8-10-24(3,25(26,27)28)39-40(35,36-4)37-5/h6-7,9,11-14H,8,10H2,1-5H3,(H,30,34). The van der Waals surface area contributed by atoms with Crippen molar-refractivity contribution >= 4 is 25.1 Å². The van der Waals surface area contributed by atoms with Crippen molar-refractivity contribution in [3.8, 4) is 11.4 Å². The molecule has 11 nitrogen and oxygen atoms in total. The predicted molar refractivity (Wildman–Crippen MR) is 138 cm³/mol. The molecule has 3 aromatic heterocycles. The van der Waals surface area contributed by atoms with E-state index < -0.39 is 26.0 Å². The van der Waals surface area contributed by atoms with E-state index in [2.05, 4.69) is 29.5 Å². The summed E-state index contributed by atoms with van der Waals surface area (Å²) in [5.74, 6) is -0.392. The van der Waals surface area contributed by atoms with Gasteiger partial charge >= 0.3 is 14.0 Å². The number of phosphoric acid groups is 1. The molecule has 0 radical (unpaired) electrons. The van der Waals surface area contributed by atoms with Crippen molar-refractivity contribution < 1.29 is 40.6 Å². The number of carbonyl (C=O) groups excluding carboxylic acids is 1. The number of carbonyl (C=O) groups is 1. The fourth-order valence-electron chi connectivity index (χ4n) is 3.79. The number of anilines is 1. The highest BCUT2D eigenvalue weighted by molar-refractivity contribution is 7.48. The van der Waals surface area contributed by atoms with Gasteiger partial charge in [-0.15, -0.1) is 0 Å². The molecule has 4 aromatic rings. The Morgan fingerprint density at radius 3 is 2.55 bits per heavy atom. The van der Waals surface area contributed by atoms with Crippen LogP contribution in [0.25, 0.3) is 17.0 Å². The summed E-state index contributed by atoms with van der Waals surface area (Å²) < 4.78 is 74.3. The van der Waals surface area contributed by atoms with Gasteiger partial charge in [0.15, 0.2) is 5.60 Å². The monoisotopic (exact) mass is 581 g/mol. The highest BCUT2D eigenvalue weighted by atomic mass is 31.2. The fraction of sp³-hybridized carbons (Fsp3) is 0.360. The predicted octanol–water partition coefficient (Wildman–Crippen LogP) is 5.92. The largest absolute Gasteiger partial charge is 0.475 e. The lowest BCUT2D eigenvalue weighted by molar-refractivity contribution is -0.249. The van der Waals surface area contributed by atoms with Crippen LogP contribution in [0.3, 0.4) is 0 Å². The van der Waals surface area contributed by atoms with Crippen molar-refractivity contribution in [1.29, 1.82) is 0 Å². The van der Waals surface area contributed by atoms with E-state index in [4.69, 9.17) is 9.05 Å². The molecule has 0 aliphatic heterocycles. The number of alkyl halides is 3. The van der Waals surface area contributed by atoms with Gasteiger partial charge in [0.05, 0.1) is 6.20 Å². The van der Waals surface area contributed by atoms with E-state index in [9.17, 15) is 22.5 Å². The van der Waals surface area contributed by atoms with Gasteiger partial charge in [0.1, 0.15) is 11.3 Å². The highest BCUT2D eigenvalue weighted by Gasteiger charge is 2.56. The second kappa shape index (κ2) is 11.1. The van der Waals surface area contributed by atoms with Crippen LogP contribution in [0, 0.1) is 13.8 Å². The van der Waals surface area contributed by atoms with Crippen LogP contribution in [0.2, 0.25) is 0 Å². The van der Waals surface area contributed by atoms with Gasteiger partial charge in [-0.1, -0.05) is 17.3 Å². The van der Waals surface area contributed by atoms with E-state index in [-0.39, 0.29) is 24.0 Å². The first-order valence-corrected chi connectivity index (χ1v) is 13.4. The first-order chi connectivity index (χ1) is 18.8. The Balaban J connectivity index is 1.51. The Hall–Kier alpha value is -3.58. The third-order valence-electron chi connectivity index (χ3n) is 6.29. The van der Waals surface area contributed by atoms with E-state index in [1.807, 2.05) is 19.1 Å². The van der Waals surface area contributed by atoms with E-state index >= 15 is 0 Å². The number of halogens is 3. The van der Waals surface area contributed by atoms with Crippen molar-refractivity contribution in [3.63, 3.8) is 0 Å². The van der Waals surface area contributed by atoms with Crippen LogP contribution in [0.5, 0.6) is 0 Å². The fourth-order valence-corrected chi connectivity index (χ4v) is 4.77. The molecule has 0 bridgehead atoms. The molecule has 0 spiro atoms. The Morgan fingerprint density at radius 2 is 1.88 bits per heavy atom. The van der Waals surface area contributed by atoms with Crippen LogP contribution in [-0.4, -0.2) is 51.4 Å². The molecule has 0 fully saturated rings. The quantitative estimate of drug-likeness (QED) is 0.227. The number of aromatic nitrogens is 4. The second-order valence-corrected chi connectivity index (χ2v) is 11.0. The average Bonchev–Trinajstić information content (AvgIpc) is 3.55. The van der Waals surface area contributed by atoms with Crippen LogP contribution < -0.4 is 5.32 Å². The lowest BCUT2D eigenvalue weighted by Crippen LogP contribution is -2.44. The van der Waals surface area contributed by atoms with Gasteiger partial charge in [0, 0.05) is 38.1 Å². The lowest BCUT2D eigenvalue weighted by Gasteiger charge is -2.33. The molecule has 0 saturated carbocycles. The summed E-state index contributed by atoms with van der Waals surface area (Å²) in [6, 6.07) is 8.77. The number of phosphoric ester groups is 1. The normalized spacial score (nSPS) is 13.9. The van der Waals surface area contributed by atoms with Crippen molar-refractivity contribution in [3.05, 3.63) is 65.4 Å². The maximum atomic E-state index is 13.8. The van der Waals surface area contributed by atoms with Crippen LogP contribution in [-0.2, 0) is 24.6 Å². The molecular formula is C25H27F3N5O6P. The van der Waals surface area contributed by atoms with Gasteiger partial charge in [0.25, 0.3) is 5.91 Å². The minimum absolute atomic E-state index is 0.102. The lowest BCUT2D eigenvalue weighted by atomic mass is 10.00. The molecule has 1 N–H and O–H groups in total. The Labute approximate surface area is 227 Å². The van der Waals surface area contributed by atoms with Crippen LogP contribution in [0.15, 0.2) is 47.2 Å². The number of benzene rings is 1. The van der Waals surface area contributed by atoms with Crippen molar-refractivity contribution in [2.75, 3.05) is 19.5 Å². The van der Waals surface area contributed by atoms with Crippen LogP contribution in [0.4, 0.5) is 18.9 Å². The summed E-state index contributed by atoms with van der Waals surface area (Å²) in [7, 11) is -2.61. The van der Waals surface area contributed by atoms with Gasteiger partial charge in [-0.05, 0) is 56.5 Å².